The summed E-state index contributed by atoms with van der Waals surface area (Å²) in [5, 5.41) is 10.4. The SMILES string of the molecule is NS(=O)(=O)c1ccccc1-c1ccc(C(=O)Nc2ccccc2Oc2ccc3ccccc3c2)cc1. The normalized spacial score (nSPS) is 11.2. The standard InChI is InChI=1S/C29H22N2O4S/c30-36(33,34)28-12-6-3-9-25(28)21-13-15-22(16-14-21)29(32)31-26-10-4-5-11-27(26)35-24-18-17-20-7-1-2-8-23(20)19-24/h1-19H,(H,31,32)(H2,30,33,34). The lowest BCUT2D eigenvalue weighted by Gasteiger charge is -2.13. The molecular formula is C29H22N2O4S. The molecule has 36 heavy (non-hydrogen) atoms. The number of rotatable bonds is 6. The lowest BCUT2D eigenvalue weighted by Crippen LogP contribution is -2.13. The van der Waals surface area contributed by atoms with Gasteiger partial charge in [-0.3, -0.25) is 4.79 Å². The van der Waals surface area contributed by atoms with E-state index in [1.165, 1.54) is 6.07 Å². The third-order valence-corrected chi connectivity index (χ3v) is 6.70. The quantitative estimate of drug-likeness (QED) is 0.294. The number of carbonyl (C=O) groups is 1. The number of nitrogens with one attached hydrogen (secondary N) is 1. The van der Waals surface area contributed by atoms with Crippen LogP contribution in [0.3, 0.4) is 0 Å². The molecule has 1 amide bonds. The van der Waals surface area contributed by atoms with E-state index in [1.807, 2.05) is 54.6 Å². The van der Waals surface area contributed by atoms with Crippen LogP contribution in [0.25, 0.3) is 21.9 Å². The topological polar surface area (TPSA) is 98.5 Å². The van der Waals surface area contributed by atoms with Gasteiger partial charge in [0, 0.05) is 11.1 Å². The van der Waals surface area contributed by atoms with Gasteiger partial charge in [-0.05, 0) is 58.8 Å². The number of amides is 1. The fraction of sp³-hybridized carbons (Fsp3) is 0. The Morgan fingerprint density at radius 3 is 2.17 bits per heavy atom. The number of benzene rings is 5. The van der Waals surface area contributed by atoms with Crippen molar-refractivity contribution in [2.24, 2.45) is 5.14 Å². The Morgan fingerprint density at radius 1 is 0.722 bits per heavy atom. The number of para-hydroxylation sites is 2. The summed E-state index contributed by atoms with van der Waals surface area (Å²) >= 11 is 0. The summed E-state index contributed by atoms with van der Waals surface area (Å²) in [6, 6.07) is 34.2. The van der Waals surface area contributed by atoms with Gasteiger partial charge in [-0.1, -0.05) is 72.8 Å². The van der Waals surface area contributed by atoms with Gasteiger partial charge >= 0.3 is 0 Å². The Kier molecular flexibility index (Phi) is 6.25. The van der Waals surface area contributed by atoms with Crippen molar-refractivity contribution in [2.75, 3.05) is 5.32 Å². The molecule has 0 saturated carbocycles. The molecule has 0 fully saturated rings. The number of fused-ring (bicyclic) bond motifs is 1. The molecule has 0 bridgehead atoms. The second kappa shape index (κ2) is 9.65. The van der Waals surface area contributed by atoms with Gasteiger partial charge in [0.2, 0.25) is 10.0 Å². The van der Waals surface area contributed by atoms with E-state index in [4.69, 9.17) is 9.88 Å². The molecule has 7 heteroatoms. The molecule has 3 N–H and O–H groups in total. The summed E-state index contributed by atoms with van der Waals surface area (Å²) in [5.74, 6) is 0.851. The minimum absolute atomic E-state index is 0.0296. The van der Waals surface area contributed by atoms with Crippen molar-refractivity contribution in [3.8, 4) is 22.6 Å². The van der Waals surface area contributed by atoms with E-state index in [9.17, 15) is 13.2 Å². The molecule has 0 saturated heterocycles. The van der Waals surface area contributed by atoms with E-state index >= 15 is 0 Å². The smallest absolute Gasteiger partial charge is 0.255 e. The van der Waals surface area contributed by atoms with Crippen LogP contribution in [0.4, 0.5) is 5.69 Å². The highest BCUT2D eigenvalue weighted by Gasteiger charge is 2.16. The highest BCUT2D eigenvalue weighted by atomic mass is 32.2. The second-order valence-corrected chi connectivity index (χ2v) is 9.71. The number of hydrogen-bond donors (Lipinski definition) is 2. The number of nitrogens with two attached hydrogens (primary N) is 1. The molecule has 0 spiro atoms. The third kappa shape index (κ3) is 4.98. The Balaban J connectivity index is 1.36. The number of anilines is 1. The number of carbonyl (C=O) groups excluding carboxylic acids is 1. The molecule has 0 heterocycles. The number of sulfonamides is 1. The van der Waals surface area contributed by atoms with Gasteiger partial charge in [0.1, 0.15) is 5.75 Å². The van der Waals surface area contributed by atoms with Gasteiger partial charge < -0.3 is 10.1 Å². The molecule has 0 unspecified atom stereocenters. The van der Waals surface area contributed by atoms with E-state index in [0.29, 0.717) is 33.9 Å². The zero-order valence-electron chi connectivity index (χ0n) is 19.1. The first-order chi connectivity index (χ1) is 17.4. The second-order valence-electron chi connectivity index (χ2n) is 8.18. The molecule has 5 aromatic carbocycles. The minimum atomic E-state index is -3.88. The van der Waals surface area contributed by atoms with Crippen LogP contribution in [-0.4, -0.2) is 14.3 Å². The van der Waals surface area contributed by atoms with Gasteiger partial charge in [0.25, 0.3) is 5.91 Å². The van der Waals surface area contributed by atoms with Crippen LogP contribution in [0.2, 0.25) is 0 Å². The molecule has 5 rings (SSSR count). The minimum Gasteiger partial charge on any atom is -0.455 e. The number of primary sulfonamides is 1. The third-order valence-electron chi connectivity index (χ3n) is 5.74. The summed E-state index contributed by atoms with van der Waals surface area (Å²) in [4.78, 5) is 13.0. The number of ether oxygens (including phenoxy) is 1. The summed E-state index contributed by atoms with van der Waals surface area (Å²) in [6.45, 7) is 0. The largest absolute Gasteiger partial charge is 0.455 e. The Hall–Kier alpha value is -4.46. The van der Waals surface area contributed by atoms with Crippen LogP contribution in [-0.2, 0) is 10.0 Å². The molecule has 178 valence electrons. The molecule has 0 aliphatic rings. The predicted molar refractivity (Wildman–Crippen MR) is 142 cm³/mol. The van der Waals surface area contributed by atoms with E-state index in [1.54, 1.807) is 54.6 Å². The average Bonchev–Trinajstić information content (AvgIpc) is 2.89. The van der Waals surface area contributed by atoms with Gasteiger partial charge in [0.05, 0.1) is 10.6 Å². The molecule has 6 nitrogen and oxygen atoms in total. The molecule has 0 aliphatic carbocycles. The first-order valence-corrected chi connectivity index (χ1v) is 12.7. The van der Waals surface area contributed by atoms with Gasteiger partial charge in [-0.2, -0.15) is 0 Å². The van der Waals surface area contributed by atoms with Crippen molar-refractivity contribution in [3.63, 3.8) is 0 Å². The summed E-state index contributed by atoms with van der Waals surface area (Å²) in [6.07, 6.45) is 0. The fourth-order valence-corrected chi connectivity index (χ4v) is 4.73. The Morgan fingerprint density at radius 2 is 1.39 bits per heavy atom. The van der Waals surface area contributed by atoms with Crippen LogP contribution in [0.1, 0.15) is 10.4 Å². The van der Waals surface area contributed by atoms with Gasteiger partial charge in [0.15, 0.2) is 5.75 Å². The molecular weight excluding hydrogens is 472 g/mol. The van der Waals surface area contributed by atoms with E-state index in [-0.39, 0.29) is 10.8 Å². The maximum Gasteiger partial charge on any atom is 0.255 e. The average molecular weight is 495 g/mol. The monoisotopic (exact) mass is 494 g/mol. The van der Waals surface area contributed by atoms with E-state index in [2.05, 4.69) is 5.32 Å². The highest BCUT2D eigenvalue weighted by molar-refractivity contribution is 7.89. The van der Waals surface area contributed by atoms with Crippen molar-refractivity contribution < 1.29 is 17.9 Å². The van der Waals surface area contributed by atoms with E-state index in [0.717, 1.165) is 10.8 Å². The van der Waals surface area contributed by atoms with Crippen LogP contribution in [0, 0.1) is 0 Å². The van der Waals surface area contributed by atoms with Crippen molar-refractivity contribution in [2.45, 2.75) is 4.90 Å². The van der Waals surface area contributed by atoms with Crippen molar-refractivity contribution in [3.05, 3.63) is 121 Å². The lowest BCUT2D eigenvalue weighted by molar-refractivity contribution is 0.102. The van der Waals surface area contributed by atoms with E-state index < -0.39 is 10.0 Å². The fourth-order valence-electron chi connectivity index (χ4n) is 3.97. The van der Waals surface area contributed by atoms with Gasteiger partial charge in [-0.15, -0.1) is 0 Å². The molecule has 0 aliphatic heterocycles. The lowest BCUT2D eigenvalue weighted by atomic mass is 10.0. The van der Waals surface area contributed by atoms with Crippen LogP contribution in [0.5, 0.6) is 11.5 Å². The Bertz CT molecular complexity index is 1680. The van der Waals surface area contributed by atoms with Crippen LogP contribution in [0.15, 0.2) is 120 Å². The Labute approximate surface area is 209 Å². The van der Waals surface area contributed by atoms with Gasteiger partial charge in [-0.25, -0.2) is 13.6 Å². The molecule has 0 aromatic heterocycles. The summed E-state index contributed by atoms with van der Waals surface area (Å²) in [5.41, 5.74) is 2.05. The zero-order chi connectivity index (χ0) is 25.1. The summed E-state index contributed by atoms with van der Waals surface area (Å²) < 4.78 is 30.0. The highest BCUT2D eigenvalue weighted by Crippen LogP contribution is 2.32. The molecule has 0 radical (unpaired) electrons. The number of hydrogen-bond acceptors (Lipinski definition) is 4. The molecule has 0 atom stereocenters. The van der Waals surface area contributed by atoms with Crippen LogP contribution < -0.4 is 15.2 Å². The first-order valence-electron chi connectivity index (χ1n) is 11.2. The maximum absolute atomic E-state index is 13.0. The van der Waals surface area contributed by atoms with Crippen molar-refractivity contribution >= 4 is 32.4 Å². The maximum atomic E-state index is 13.0. The first kappa shape index (κ1) is 23.3. The van der Waals surface area contributed by atoms with Crippen molar-refractivity contribution in [1.29, 1.82) is 0 Å². The summed E-state index contributed by atoms with van der Waals surface area (Å²) in [7, 11) is -3.88. The predicted octanol–water partition coefficient (Wildman–Crippen LogP) is 6.20. The molecule has 5 aromatic rings. The van der Waals surface area contributed by atoms with Crippen LogP contribution >= 0.6 is 0 Å². The van der Waals surface area contributed by atoms with Crippen molar-refractivity contribution in [1.82, 2.24) is 0 Å². The zero-order valence-corrected chi connectivity index (χ0v) is 19.9.